The highest BCUT2D eigenvalue weighted by Gasteiger charge is 2.21. The Balaban J connectivity index is 1.76. The summed E-state index contributed by atoms with van der Waals surface area (Å²) in [5.74, 6) is -6.40. The fourth-order valence-electron chi connectivity index (χ4n) is 2.28. The summed E-state index contributed by atoms with van der Waals surface area (Å²) >= 11 is 0. The third-order valence-electron chi connectivity index (χ3n) is 3.60. The van der Waals surface area contributed by atoms with Crippen LogP contribution in [0.1, 0.15) is 16.3 Å². The van der Waals surface area contributed by atoms with E-state index in [1.54, 1.807) is 18.2 Å². The molecule has 0 aliphatic rings. The molecule has 1 heterocycles. The second-order valence-corrected chi connectivity index (χ2v) is 7.50. The average molecular weight is 395 g/mol. The van der Waals surface area contributed by atoms with Gasteiger partial charge < -0.3 is 9.73 Å². The predicted molar refractivity (Wildman–Crippen MR) is 90.3 cm³/mol. The number of rotatable bonds is 5. The molecule has 3 rings (SSSR count). The average Bonchev–Trinajstić information content (AvgIpc) is 3.11. The zero-order valence-electron chi connectivity index (χ0n) is 13.6. The highest BCUT2D eigenvalue weighted by Crippen LogP contribution is 2.22. The summed E-state index contributed by atoms with van der Waals surface area (Å²) in [6, 6.07) is 11.7. The van der Waals surface area contributed by atoms with Crippen molar-refractivity contribution < 1.29 is 30.8 Å². The SMILES string of the molecule is O=C(Nc1ccc(F)c(F)c1F)c1ccc(CS(=O)(=O)c2ccccc2)o1. The zero-order valence-corrected chi connectivity index (χ0v) is 14.4. The van der Waals surface area contributed by atoms with Crippen molar-refractivity contribution in [2.24, 2.45) is 0 Å². The molecule has 1 amide bonds. The van der Waals surface area contributed by atoms with Gasteiger partial charge in [-0.05, 0) is 36.4 Å². The maximum absolute atomic E-state index is 13.6. The first kappa shape index (κ1) is 18.7. The summed E-state index contributed by atoms with van der Waals surface area (Å²) in [5.41, 5.74) is -0.575. The number of carbonyl (C=O) groups excluding carboxylic acids is 1. The van der Waals surface area contributed by atoms with E-state index in [2.05, 4.69) is 0 Å². The van der Waals surface area contributed by atoms with Crippen molar-refractivity contribution in [3.63, 3.8) is 0 Å². The number of halogens is 3. The highest BCUT2D eigenvalue weighted by molar-refractivity contribution is 7.90. The van der Waals surface area contributed by atoms with Crippen molar-refractivity contribution in [1.82, 2.24) is 0 Å². The highest BCUT2D eigenvalue weighted by atomic mass is 32.2. The van der Waals surface area contributed by atoms with E-state index >= 15 is 0 Å². The molecular formula is C18H12F3NO4S. The molecule has 1 N–H and O–H groups in total. The molecule has 0 saturated carbocycles. The molecule has 0 radical (unpaired) electrons. The lowest BCUT2D eigenvalue weighted by molar-refractivity contribution is 0.0994. The normalized spacial score (nSPS) is 11.4. The molecule has 0 bridgehead atoms. The maximum Gasteiger partial charge on any atom is 0.291 e. The fourth-order valence-corrected chi connectivity index (χ4v) is 3.55. The Labute approximate surface area is 152 Å². The Kier molecular flexibility index (Phi) is 5.04. The minimum Gasteiger partial charge on any atom is -0.455 e. The minimum absolute atomic E-state index is 0.00485. The van der Waals surface area contributed by atoms with Gasteiger partial charge in [0.05, 0.1) is 10.6 Å². The number of hydrogen-bond acceptors (Lipinski definition) is 4. The molecule has 1 aromatic heterocycles. The van der Waals surface area contributed by atoms with Crippen LogP contribution in [0.5, 0.6) is 0 Å². The van der Waals surface area contributed by atoms with E-state index in [1.807, 2.05) is 5.32 Å². The van der Waals surface area contributed by atoms with E-state index in [0.29, 0.717) is 6.07 Å². The Morgan fingerprint density at radius 3 is 2.33 bits per heavy atom. The first-order valence-corrected chi connectivity index (χ1v) is 9.24. The number of amides is 1. The van der Waals surface area contributed by atoms with Gasteiger partial charge in [0.25, 0.3) is 5.91 Å². The summed E-state index contributed by atoms with van der Waals surface area (Å²) in [7, 11) is -3.68. The van der Waals surface area contributed by atoms with Crippen LogP contribution in [0.3, 0.4) is 0 Å². The number of furan rings is 1. The first-order chi connectivity index (χ1) is 12.8. The van der Waals surface area contributed by atoms with Crippen LogP contribution < -0.4 is 5.32 Å². The lowest BCUT2D eigenvalue weighted by Crippen LogP contribution is -2.13. The summed E-state index contributed by atoms with van der Waals surface area (Å²) in [4.78, 5) is 12.2. The quantitative estimate of drug-likeness (QED) is 0.665. The van der Waals surface area contributed by atoms with E-state index in [4.69, 9.17) is 4.42 Å². The van der Waals surface area contributed by atoms with Gasteiger partial charge in [-0.3, -0.25) is 4.79 Å². The molecule has 140 valence electrons. The van der Waals surface area contributed by atoms with Gasteiger partial charge in [0.2, 0.25) is 0 Å². The molecule has 0 saturated heterocycles. The predicted octanol–water partition coefficient (Wildman–Crippen LogP) is 3.92. The van der Waals surface area contributed by atoms with Crippen molar-refractivity contribution in [2.75, 3.05) is 5.32 Å². The van der Waals surface area contributed by atoms with Crippen molar-refractivity contribution in [3.8, 4) is 0 Å². The molecule has 2 aromatic carbocycles. The molecule has 0 aliphatic carbocycles. The van der Waals surface area contributed by atoms with Gasteiger partial charge in [-0.15, -0.1) is 0 Å². The Morgan fingerprint density at radius 2 is 1.63 bits per heavy atom. The monoisotopic (exact) mass is 395 g/mol. The standard InChI is InChI=1S/C18H12F3NO4S/c19-13-7-8-14(17(21)16(13)20)22-18(23)15-9-6-11(26-15)10-27(24,25)12-4-2-1-3-5-12/h1-9H,10H2,(H,22,23). The summed E-state index contributed by atoms with van der Waals surface area (Å²) in [6.45, 7) is 0. The van der Waals surface area contributed by atoms with E-state index < -0.39 is 44.6 Å². The molecule has 3 aromatic rings. The van der Waals surface area contributed by atoms with Gasteiger partial charge >= 0.3 is 0 Å². The molecule has 0 unspecified atom stereocenters. The van der Waals surface area contributed by atoms with Crippen LogP contribution in [-0.2, 0) is 15.6 Å². The van der Waals surface area contributed by atoms with E-state index in [0.717, 1.165) is 6.07 Å². The number of carbonyl (C=O) groups is 1. The van der Waals surface area contributed by atoms with Crippen molar-refractivity contribution in [1.29, 1.82) is 0 Å². The largest absolute Gasteiger partial charge is 0.455 e. The van der Waals surface area contributed by atoms with Crippen molar-refractivity contribution >= 4 is 21.4 Å². The second-order valence-electron chi connectivity index (χ2n) is 5.52. The molecule has 0 spiro atoms. The number of sulfone groups is 1. The maximum atomic E-state index is 13.6. The van der Waals surface area contributed by atoms with Crippen molar-refractivity contribution in [2.45, 2.75) is 10.6 Å². The van der Waals surface area contributed by atoms with Crippen molar-refractivity contribution in [3.05, 3.63) is 83.6 Å². The lowest BCUT2D eigenvalue weighted by atomic mass is 10.2. The lowest BCUT2D eigenvalue weighted by Gasteiger charge is -2.06. The van der Waals surface area contributed by atoms with Crippen LogP contribution in [0.2, 0.25) is 0 Å². The van der Waals surface area contributed by atoms with Gasteiger partial charge in [-0.1, -0.05) is 18.2 Å². The Morgan fingerprint density at radius 1 is 0.926 bits per heavy atom. The van der Waals surface area contributed by atoms with Crippen LogP contribution in [0.4, 0.5) is 18.9 Å². The molecule has 5 nitrogen and oxygen atoms in total. The summed E-state index contributed by atoms with van der Waals surface area (Å²) in [6.07, 6.45) is 0. The van der Waals surface area contributed by atoms with E-state index in [9.17, 15) is 26.4 Å². The summed E-state index contributed by atoms with van der Waals surface area (Å²) in [5, 5.41) is 2.04. The zero-order chi connectivity index (χ0) is 19.6. The molecule has 0 atom stereocenters. The smallest absolute Gasteiger partial charge is 0.291 e. The Hall–Kier alpha value is -3.07. The number of benzene rings is 2. The van der Waals surface area contributed by atoms with Gasteiger partial charge in [-0.25, -0.2) is 21.6 Å². The van der Waals surface area contributed by atoms with Gasteiger partial charge in [0, 0.05) is 0 Å². The molecule has 0 aliphatic heterocycles. The number of anilines is 1. The molecule has 0 fully saturated rings. The van der Waals surface area contributed by atoms with E-state index in [-0.39, 0.29) is 16.4 Å². The third kappa shape index (κ3) is 4.03. The summed E-state index contributed by atoms with van der Waals surface area (Å²) < 4.78 is 69.5. The Bertz CT molecular complexity index is 1100. The second kappa shape index (κ2) is 7.28. The first-order valence-electron chi connectivity index (χ1n) is 7.59. The molecular weight excluding hydrogens is 383 g/mol. The van der Waals surface area contributed by atoms with Gasteiger partial charge in [0.1, 0.15) is 11.5 Å². The van der Waals surface area contributed by atoms with Crippen LogP contribution in [0.15, 0.2) is 63.9 Å². The molecule has 27 heavy (non-hydrogen) atoms. The number of hydrogen-bond donors (Lipinski definition) is 1. The minimum atomic E-state index is -3.68. The number of nitrogens with one attached hydrogen (secondary N) is 1. The van der Waals surface area contributed by atoms with Crippen LogP contribution >= 0.6 is 0 Å². The van der Waals surface area contributed by atoms with Crippen LogP contribution in [0, 0.1) is 17.5 Å². The third-order valence-corrected chi connectivity index (χ3v) is 5.26. The van der Waals surface area contributed by atoms with Crippen LogP contribution in [-0.4, -0.2) is 14.3 Å². The fraction of sp³-hybridized carbons (Fsp3) is 0.0556. The van der Waals surface area contributed by atoms with Gasteiger partial charge in [0.15, 0.2) is 33.0 Å². The van der Waals surface area contributed by atoms with Crippen LogP contribution in [0.25, 0.3) is 0 Å². The van der Waals surface area contributed by atoms with Gasteiger partial charge in [-0.2, -0.15) is 0 Å². The topological polar surface area (TPSA) is 76.4 Å². The van der Waals surface area contributed by atoms with E-state index in [1.165, 1.54) is 24.3 Å². The molecule has 9 heteroatoms.